The summed E-state index contributed by atoms with van der Waals surface area (Å²) in [7, 11) is 0. The van der Waals surface area contributed by atoms with Crippen molar-refractivity contribution in [2.24, 2.45) is 0 Å². The van der Waals surface area contributed by atoms with Gasteiger partial charge in [-0.1, -0.05) is 18.2 Å². The van der Waals surface area contributed by atoms with E-state index in [4.69, 9.17) is 4.74 Å². The fraction of sp³-hybridized carbons (Fsp3) is 0.316. The van der Waals surface area contributed by atoms with E-state index in [2.05, 4.69) is 5.10 Å². The van der Waals surface area contributed by atoms with Gasteiger partial charge in [-0.05, 0) is 43.9 Å². The lowest BCUT2D eigenvalue weighted by atomic mass is 10.1. The van der Waals surface area contributed by atoms with Gasteiger partial charge < -0.3 is 4.74 Å². The summed E-state index contributed by atoms with van der Waals surface area (Å²) in [6, 6.07) is 9.85. The van der Waals surface area contributed by atoms with Crippen LogP contribution in [0.5, 0.6) is 0 Å². The number of carbonyl (C=O) groups is 2. The highest BCUT2D eigenvalue weighted by Gasteiger charge is 2.17. The number of aromatic nitrogens is 2. The minimum Gasteiger partial charge on any atom is -0.457 e. The molecule has 0 aliphatic rings. The standard InChI is InChI=1S/C19H20N2O3S/c1-12-10-13(2)21(20-12)9-8-18(23)24-11-16(22)19-14(3)15-6-4-5-7-17(15)25-19/h4-7,10H,8-9,11H2,1-3H3. The maximum Gasteiger partial charge on any atom is 0.308 e. The lowest BCUT2D eigenvalue weighted by Crippen LogP contribution is -2.16. The smallest absolute Gasteiger partial charge is 0.308 e. The molecule has 6 heteroatoms. The van der Waals surface area contributed by atoms with Gasteiger partial charge in [0, 0.05) is 10.4 Å². The third-order valence-electron chi connectivity index (χ3n) is 4.09. The number of esters is 1. The Morgan fingerprint density at radius 1 is 1.20 bits per heavy atom. The van der Waals surface area contributed by atoms with Crippen molar-refractivity contribution in [2.45, 2.75) is 33.7 Å². The van der Waals surface area contributed by atoms with Crippen molar-refractivity contribution in [1.29, 1.82) is 0 Å². The summed E-state index contributed by atoms with van der Waals surface area (Å²) in [4.78, 5) is 25.0. The van der Waals surface area contributed by atoms with Gasteiger partial charge in [0.25, 0.3) is 0 Å². The quantitative estimate of drug-likeness (QED) is 0.497. The van der Waals surface area contributed by atoms with Crippen LogP contribution in [0.1, 0.15) is 33.0 Å². The largest absolute Gasteiger partial charge is 0.457 e. The molecule has 2 aromatic heterocycles. The Kier molecular flexibility index (Phi) is 4.99. The van der Waals surface area contributed by atoms with Crippen molar-refractivity contribution in [3.05, 3.63) is 52.2 Å². The fourth-order valence-corrected chi connectivity index (χ4v) is 3.96. The summed E-state index contributed by atoms with van der Waals surface area (Å²) in [6.07, 6.45) is 0.195. The molecular formula is C19H20N2O3S. The van der Waals surface area contributed by atoms with Crippen LogP contribution in [0.15, 0.2) is 30.3 Å². The normalized spacial score (nSPS) is 11.0. The third kappa shape index (κ3) is 3.79. The molecule has 0 radical (unpaired) electrons. The summed E-state index contributed by atoms with van der Waals surface area (Å²) in [6.45, 7) is 6.02. The van der Waals surface area contributed by atoms with Crippen LogP contribution in [0, 0.1) is 20.8 Å². The molecule has 0 aliphatic heterocycles. The SMILES string of the molecule is Cc1cc(C)n(CCC(=O)OCC(=O)c2sc3ccccc3c2C)n1. The van der Waals surface area contributed by atoms with Gasteiger partial charge in [0.15, 0.2) is 6.61 Å². The predicted molar refractivity (Wildman–Crippen MR) is 98.2 cm³/mol. The average molecular weight is 356 g/mol. The third-order valence-corrected chi connectivity index (χ3v) is 5.41. The van der Waals surface area contributed by atoms with E-state index in [1.165, 1.54) is 11.3 Å². The number of hydrogen-bond acceptors (Lipinski definition) is 5. The molecule has 3 aromatic rings. The van der Waals surface area contributed by atoms with Crippen molar-refractivity contribution in [3.8, 4) is 0 Å². The predicted octanol–water partition coefficient (Wildman–Crippen LogP) is 3.84. The van der Waals surface area contributed by atoms with E-state index in [1.807, 2.05) is 51.1 Å². The monoisotopic (exact) mass is 356 g/mol. The molecule has 0 N–H and O–H groups in total. The van der Waals surface area contributed by atoms with Gasteiger partial charge in [-0.25, -0.2) is 0 Å². The zero-order valence-corrected chi connectivity index (χ0v) is 15.4. The highest BCUT2D eigenvalue weighted by Crippen LogP contribution is 2.30. The lowest BCUT2D eigenvalue weighted by Gasteiger charge is -2.05. The summed E-state index contributed by atoms with van der Waals surface area (Å²) < 4.78 is 8.00. The number of ketones is 1. The molecule has 0 aliphatic carbocycles. The van der Waals surface area contributed by atoms with E-state index < -0.39 is 0 Å². The molecule has 0 fully saturated rings. The zero-order valence-electron chi connectivity index (χ0n) is 14.5. The summed E-state index contributed by atoms with van der Waals surface area (Å²) >= 11 is 1.44. The van der Waals surface area contributed by atoms with Gasteiger partial charge in [-0.15, -0.1) is 11.3 Å². The molecule has 130 valence electrons. The number of fused-ring (bicyclic) bond motifs is 1. The minimum atomic E-state index is -0.389. The highest BCUT2D eigenvalue weighted by molar-refractivity contribution is 7.21. The second-order valence-corrected chi connectivity index (χ2v) is 7.09. The van der Waals surface area contributed by atoms with Crippen LogP contribution < -0.4 is 0 Å². The van der Waals surface area contributed by atoms with Crippen LogP contribution in [0.3, 0.4) is 0 Å². The molecule has 0 amide bonds. The number of nitrogens with zero attached hydrogens (tertiary/aromatic N) is 2. The molecule has 0 saturated heterocycles. The van der Waals surface area contributed by atoms with Gasteiger partial charge >= 0.3 is 5.97 Å². The van der Waals surface area contributed by atoms with E-state index in [-0.39, 0.29) is 24.8 Å². The summed E-state index contributed by atoms with van der Waals surface area (Å²) in [5, 5.41) is 5.38. The van der Waals surface area contributed by atoms with Gasteiger partial charge in [-0.2, -0.15) is 5.10 Å². The first kappa shape index (κ1) is 17.4. The first-order chi connectivity index (χ1) is 12.0. The lowest BCUT2D eigenvalue weighted by molar-refractivity contribution is -0.142. The van der Waals surface area contributed by atoms with Crippen LogP contribution in [-0.2, 0) is 16.1 Å². The Balaban J connectivity index is 1.57. The van der Waals surface area contributed by atoms with E-state index >= 15 is 0 Å². The average Bonchev–Trinajstić information content (AvgIpc) is 3.10. The maximum atomic E-state index is 12.4. The van der Waals surface area contributed by atoms with Gasteiger partial charge in [0.2, 0.25) is 5.78 Å². The summed E-state index contributed by atoms with van der Waals surface area (Å²) in [5.74, 6) is -0.544. The molecule has 2 heterocycles. The van der Waals surface area contributed by atoms with Crippen LogP contribution >= 0.6 is 11.3 Å². The van der Waals surface area contributed by atoms with E-state index in [0.29, 0.717) is 11.4 Å². The van der Waals surface area contributed by atoms with Crippen molar-refractivity contribution in [2.75, 3.05) is 6.61 Å². The Hall–Kier alpha value is -2.47. The Morgan fingerprint density at radius 3 is 2.64 bits per heavy atom. The molecule has 25 heavy (non-hydrogen) atoms. The number of ether oxygens (including phenoxy) is 1. The van der Waals surface area contributed by atoms with Gasteiger partial charge in [-0.3, -0.25) is 14.3 Å². The van der Waals surface area contributed by atoms with Crippen molar-refractivity contribution < 1.29 is 14.3 Å². The first-order valence-corrected chi connectivity index (χ1v) is 8.95. The van der Waals surface area contributed by atoms with Crippen molar-refractivity contribution in [1.82, 2.24) is 9.78 Å². The Bertz CT molecular complexity index is 939. The van der Waals surface area contributed by atoms with Crippen LogP contribution in [0.25, 0.3) is 10.1 Å². The van der Waals surface area contributed by atoms with Crippen LogP contribution in [0.2, 0.25) is 0 Å². The fourth-order valence-electron chi connectivity index (χ4n) is 2.82. The molecule has 0 spiro atoms. The number of hydrogen-bond donors (Lipinski definition) is 0. The van der Waals surface area contributed by atoms with Crippen LogP contribution in [0.4, 0.5) is 0 Å². The minimum absolute atomic E-state index is 0.154. The van der Waals surface area contributed by atoms with Crippen LogP contribution in [-0.4, -0.2) is 28.1 Å². The van der Waals surface area contributed by atoms with Gasteiger partial charge in [0.05, 0.1) is 23.5 Å². The van der Waals surface area contributed by atoms with E-state index in [1.54, 1.807) is 4.68 Å². The Morgan fingerprint density at radius 2 is 1.96 bits per heavy atom. The number of carbonyl (C=O) groups excluding carboxylic acids is 2. The number of Topliss-reactive ketones (excluding diaryl/α,β-unsaturated/α-hetero) is 1. The molecule has 0 bridgehead atoms. The number of rotatable bonds is 6. The number of aryl methyl sites for hydroxylation is 4. The second kappa shape index (κ2) is 7.19. The molecular weight excluding hydrogens is 336 g/mol. The molecule has 1 aromatic carbocycles. The number of benzene rings is 1. The Labute approximate surface area is 150 Å². The molecule has 0 saturated carbocycles. The topological polar surface area (TPSA) is 61.2 Å². The van der Waals surface area contributed by atoms with E-state index in [0.717, 1.165) is 27.0 Å². The van der Waals surface area contributed by atoms with E-state index in [9.17, 15) is 9.59 Å². The van der Waals surface area contributed by atoms with Crippen molar-refractivity contribution >= 4 is 33.2 Å². The van der Waals surface area contributed by atoms with Crippen molar-refractivity contribution in [3.63, 3.8) is 0 Å². The zero-order chi connectivity index (χ0) is 18.0. The molecule has 5 nitrogen and oxygen atoms in total. The van der Waals surface area contributed by atoms with Gasteiger partial charge in [0.1, 0.15) is 0 Å². The second-order valence-electron chi connectivity index (χ2n) is 6.04. The highest BCUT2D eigenvalue weighted by atomic mass is 32.1. The molecule has 0 unspecified atom stereocenters. The first-order valence-electron chi connectivity index (χ1n) is 8.13. The maximum absolute atomic E-state index is 12.4. The molecule has 0 atom stereocenters. The summed E-state index contributed by atoms with van der Waals surface area (Å²) in [5.41, 5.74) is 2.87. The number of thiophene rings is 1. The molecule has 3 rings (SSSR count).